The highest BCUT2D eigenvalue weighted by Crippen LogP contribution is 2.40. The van der Waals surface area contributed by atoms with Crippen molar-refractivity contribution in [3.63, 3.8) is 0 Å². The number of amides is 1. The first-order valence-corrected chi connectivity index (χ1v) is 10.4. The number of carbonyl (C=O) groups is 1. The van der Waals surface area contributed by atoms with E-state index in [0.717, 1.165) is 15.8 Å². The Bertz CT molecular complexity index is 944. The lowest BCUT2D eigenvalue weighted by molar-refractivity contribution is -0.113. The molecule has 0 unspecified atom stereocenters. The number of anilines is 1. The molecule has 0 bridgehead atoms. The number of ether oxygens (including phenoxy) is 3. The minimum atomic E-state index is -0.162. The van der Waals surface area contributed by atoms with E-state index in [1.807, 2.05) is 31.2 Å². The van der Waals surface area contributed by atoms with Gasteiger partial charge < -0.3 is 14.2 Å². The van der Waals surface area contributed by atoms with Crippen molar-refractivity contribution in [2.75, 3.05) is 25.7 Å². The van der Waals surface area contributed by atoms with Crippen LogP contribution in [0.1, 0.15) is 12.5 Å². The zero-order valence-corrected chi connectivity index (χ0v) is 18.7. The molecule has 1 aliphatic rings. The first kappa shape index (κ1) is 20.7. The number of methoxy groups -OCH3 is 2. The third-order valence-electron chi connectivity index (χ3n) is 3.96. The van der Waals surface area contributed by atoms with E-state index in [2.05, 4.69) is 15.9 Å². The molecule has 2 aromatic rings. The normalized spacial score (nSPS) is 15.3. The molecule has 8 heteroatoms. The largest absolute Gasteiger partial charge is 0.497 e. The summed E-state index contributed by atoms with van der Waals surface area (Å²) in [4.78, 5) is 15.0. The van der Waals surface area contributed by atoms with Crippen molar-refractivity contribution in [1.82, 2.24) is 0 Å². The van der Waals surface area contributed by atoms with Gasteiger partial charge in [-0.3, -0.25) is 9.69 Å². The van der Waals surface area contributed by atoms with E-state index in [0.29, 0.717) is 33.0 Å². The third-order valence-corrected chi connectivity index (χ3v) is 5.85. The molecule has 1 fully saturated rings. The molecule has 0 N–H and O–H groups in total. The van der Waals surface area contributed by atoms with Gasteiger partial charge in [0.05, 0.1) is 35.9 Å². The minimum absolute atomic E-state index is 0.162. The molecule has 28 heavy (non-hydrogen) atoms. The minimum Gasteiger partial charge on any atom is -0.497 e. The summed E-state index contributed by atoms with van der Waals surface area (Å²) in [6.45, 7) is 2.41. The molecule has 1 saturated heterocycles. The maximum atomic E-state index is 12.9. The molecule has 5 nitrogen and oxygen atoms in total. The molecule has 1 aliphatic heterocycles. The summed E-state index contributed by atoms with van der Waals surface area (Å²) in [5.41, 5.74) is 1.52. The van der Waals surface area contributed by atoms with Gasteiger partial charge in [-0.25, -0.2) is 0 Å². The van der Waals surface area contributed by atoms with E-state index >= 15 is 0 Å². The van der Waals surface area contributed by atoms with E-state index < -0.39 is 0 Å². The van der Waals surface area contributed by atoms with Crippen molar-refractivity contribution < 1.29 is 19.0 Å². The fourth-order valence-electron chi connectivity index (χ4n) is 2.71. The van der Waals surface area contributed by atoms with Crippen LogP contribution in [0.2, 0.25) is 0 Å². The third kappa shape index (κ3) is 4.19. The Labute approximate surface area is 181 Å². The zero-order valence-electron chi connectivity index (χ0n) is 15.5. The van der Waals surface area contributed by atoms with Crippen molar-refractivity contribution in [3.8, 4) is 17.2 Å². The molecule has 0 spiro atoms. The topological polar surface area (TPSA) is 48.0 Å². The van der Waals surface area contributed by atoms with Crippen LogP contribution < -0.4 is 19.1 Å². The smallest absolute Gasteiger partial charge is 0.270 e. The maximum absolute atomic E-state index is 12.9. The van der Waals surface area contributed by atoms with Crippen molar-refractivity contribution in [3.05, 3.63) is 51.3 Å². The lowest BCUT2D eigenvalue weighted by atomic mass is 10.1. The van der Waals surface area contributed by atoms with Crippen LogP contribution in [-0.4, -0.2) is 31.1 Å². The van der Waals surface area contributed by atoms with E-state index in [9.17, 15) is 4.79 Å². The van der Waals surface area contributed by atoms with Crippen molar-refractivity contribution in [1.29, 1.82) is 0 Å². The Morgan fingerprint density at radius 1 is 1.18 bits per heavy atom. The standard InChI is InChI=1S/C20H18BrNO4S2/c1-4-26-16-10-12(9-15(21)18(16)25-3)11-17-19(23)22(20(27)28-17)13-5-7-14(24-2)8-6-13/h5-11H,4H2,1-3H3/b17-11-. The van der Waals surface area contributed by atoms with Gasteiger partial charge in [0.25, 0.3) is 5.91 Å². The van der Waals surface area contributed by atoms with Gasteiger partial charge in [0.2, 0.25) is 0 Å². The Morgan fingerprint density at radius 2 is 1.89 bits per heavy atom. The Kier molecular flexibility index (Phi) is 6.64. The molecular formula is C20H18BrNO4S2. The number of halogens is 1. The molecule has 3 rings (SSSR count). The van der Waals surface area contributed by atoms with Gasteiger partial charge in [-0.2, -0.15) is 0 Å². The summed E-state index contributed by atoms with van der Waals surface area (Å²) in [5.74, 6) is 1.78. The van der Waals surface area contributed by atoms with Crippen LogP contribution in [0.15, 0.2) is 45.8 Å². The second kappa shape index (κ2) is 8.98. The van der Waals surface area contributed by atoms with Crippen LogP contribution in [0, 0.1) is 0 Å². The fraction of sp³-hybridized carbons (Fsp3) is 0.200. The SMILES string of the molecule is CCOc1cc(/C=C2\SC(=S)N(c3ccc(OC)cc3)C2=O)cc(Br)c1OC. The van der Waals surface area contributed by atoms with E-state index in [-0.39, 0.29) is 5.91 Å². The number of thioether (sulfide) groups is 1. The summed E-state index contributed by atoms with van der Waals surface area (Å²) in [5, 5.41) is 0. The van der Waals surface area contributed by atoms with Crippen LogP contribution in [0.5, 0.6) is 17.2 Å². The van der Waals surface area contributed by atoms with Gasteiger partial charge in [-0.15, -0.1) is 0 Å². The number of carbonyl (C=O) groups excluding carboxylic acids is 1. The fourth-order valence-corrected chi connectivity index (χ4v) is 4.63. The van der Waals surface area contributed by atoms with E-state index in [4.69, 9.17) is 26.4 Å². The number of benzene rings is 2. The molecule has 0 radical (unpaired) electrons. The number of thiocarbonyl (C=S) groups is 1. The van der Waals surface area contributed by atoms with E-state index in [1.165, 1.54) is 16.7 Å². The van der Waals surface area contributed by atoms with Crippen LogP contribution in [0.3, 0.4) is 0 Å². The summed E-state index contributed by atoms with van der Waals surface area (Å²) >= 11 is 10.2. The van der Waals surface area contributed by atoms with Crippen molar-refractivity contribution in [2.45, 2.75) is 6.92 Å². The second-order valence-electron chi connectivity index (χ2n) is 5.68. The van der Waals surface area contributed by atoms with Gasteiger partial charge in [-0.05, 0) is 70.9 Å². The lowest BCUT2D eigenvalue weighted by Gasteiger charge is -2.14. The molecule has 1 amide bonds. The summed E-state index contributed by atoms with van der Waals surface area (Å²) in [7, 11) is 3.18. The predicted octanol–water partition coefficient (Wildman–Crippen LogP) is 5.27. The summed E-state index contributed by atoms with van der Waals surface area (Å²) in [6, 6.07) is 10.9. The summed E-state index contributed by atoms with van der Waals surface area (Å²) in [6.07, 6.45) is 1.80. The van der Waals surface area contributed by atoms with E-state index in [1.54, 1.807) is 32.4 Å². The number of nitrogens with zero attached hydrogens (tertiary/aromatic N) is 1. The summed E-state index contributed by atoms with van der Waals surface area (Å²) < 4.78 is 17.4. The first-order chi connectivity index (χ1) is 13.5. The predicted molar refractivity (Wildman–Crippen MR) is 121 cm³/mol. The number of hydrogen-bond donors (Lipinski definition) is 0. The van der Waals surface area contributed by atoms with Crippen molar-refractivity contribution in [2.24, 2.45) is 0 Å². The maximum Gasteiger partial charge on any atom is 0.270 e. The highest BCUT2D eigenvalue weighted by molar-refractivity contribution is 9.10. The number of hydrogen-bond acceptors (Lipinski definition) is 6. The first-order valence-electron chi connectivity index (χ1n) is 8.40. The van der Waals surface area contributed by atoms with Gasteiger partial charge in [-0.1, -0.05) is 24.0 Å². The quantitative estimate of drug-likeness (QED) is 0.415. The van der Waals surface area contributed by atoms with Crippen LogP contribution in [-0.2, 0) is 4.79 Å². The van der Waals surface area contributed by atoms with Crippen LogP contribution in [0.25, 0.3) is 6.08 Å². The molecule has 0 aromatic heterocycles. The molecule has 1 heterocycles. The van der Waals surface area contributed by atoms with Crippen LogP contribution >= 0.6 is 39.9 Å². The van der Waals surface area contributed by atoms with Gasteiger partial charge in [0, 0.05) is 0 Å². The monoisotopic (exact) mass is 479 g/mol. The van der Waals surface area contributed by atoms with Crippen molar-refractivity contribution >= 4 is 61.9 Å². The zero-order chi connectivity index (χ0) is 20.3. The molecular weight excluding hydrogens is 462 g/mol. The molecule has 146 valence electrons. The highest BCUT2D eigenvalue weighted by Gasteiger charge is 2.33. The molecule has 0 saturated carbocycles. The molecule has 0 atom stereocenters. The van der Waals surface area contributed by atoms with Gasteiger partial charge >= 0.3 is 0 Å². The highest BCUT2D eigenvalue weighted by atomic mass is 79.9. The lowest BCUT2D eigenvalue weighted by Crippen LogP contribution is -2.27. The van der Waals surface area contributed by atoms with Gasteiger partial charge in [0.15, 0.2) is 15.8 Å². The Balaban J connectivity index is 1.93. The molecule has 0 aliphatic carbocycles. The average Bonchev–Trinajstić information content (AvgIpc) is 2.95. The van der Waals surface area contributed by atoms with Crippen LogP contribution in [0.4, 0.5) is 5.69 Å². The second-order valence-corrected chi connectivity index (χ2v) is 8.21. The Hall–Kier alpha value is -2.03. The molecule has 2 aromatic carbocycles. The number of rotatable bonds is 6. The average molecular weight is 480 g/mol. The van der Waals surface area contributed by atoms with Gasteiger partial charge in [0.1, 0.15) is 5.75 Å². The Morgan fingerprint density at radius 3 is 2.50 bits per heavy atom.